The molecule has 0 radical (unpaired) electrons. The number of nitrogens with one attached hydrogen (secondary N) is 3. The molecule has 0 unspecified atom stereocenters. The second-order valence-corrected chi connectivity index (χ2v) is 8.16. The molecule has 1 aliphatic heterocycles. The van der Waals surface area contributed by atoms with Gasteiger partial charge in [-0.2, -0.15) is 0 Å². The number of guanidine groups is 1. The van der Waals surface area contributed by atoms with E-state index in [0.717, 1.165) is 19.0 Å². The molecule has 0 bridgehead atoms. The molecule has 1 rings (SSSR count). The van der Waals surface area contributed by atoms with Gasteiger partial charge in [-0.25, -0.2) is 4.79 Å². The predicted molar refractivity (Wildman–Crippen MR) is 114 cm³/mol. The Morgan fingerprint density at radius 2 is 1.80 bits per heavy atom. The van der Waals surface area contributed by atoms with Gasteiger partial charge in [0.05, 0.1) is 12.6 Å². The predicted octanol–water partition coefficient (Wildman–Crippen LogP) is 2.17. The minimum Gasteiger partial charge on any atom is -0.444 e. The van der Waals surface area contributed by atoms with E-state index < -0.39 is 5.60 Å². The van der Waals surface area contributed by atoms with Crippen molar-refractivity contribution in [3.63, 3.8) is 0 Å². The number of hydrogen-bond donors (Lipinski definition) is 3. The Bertz CT molecular complexity index is 437. The summed E-state index contributed by atoms with van der Waals surface area (Å²) in [6.45, 7) is 17.7. The van der Waals surface area contributed by atoms with Crippen LogP contribution in [0.15, 0.2) is 4.99 Å². The minimum atomic E-state index is -0.452. The van der Waals surface area contributed by atoms with Gasteiger partial charge in [0, 0.05) is 31.7 Å². The average Bonchev–Trinajstić information content (AvgIpc) is 2.34. The van der Waals surface area contributed by atoms with Crippen LogP contribution >= 0.6 is 24.0 Å². The molecular formula is C17H36IN5O2. The molecule has 0 aromatic heterocycles. The third-order valence-electron chi connectivity index (χ3n) is 3.26. The lowest BCUT2D eigenvalue weighted by molar-refractivity contribution is 0.00701. The van der Waals surface area contributed by atoms with Crippen molar-refractivity contribution in [1.29, 1.82) is 0 Å². The Balaban J connectivity index is 0.00000576. The van der Waals surface area contributed by atoms with E-state index in [2.05, 4.69) is 41.7 Å². The van der Waals surface area contributed by atoms with E-state index in [-0.39, 0.29) is 41.7 Å². The van der Waals surface area contributed by atoms with E-state index in [0.29, 0.717) is 19.6 Å². The molecular weight excluding hydrogens is 433 g/mol. The van der Waals surface area contributed by atoms with Crippen LogP contribution in [0, 0.1) is 0 Å². The van der Waals surface area contributed by atoms with Gasteiger partial charge in [-0.3, -0.25) is 4.99 Å². The summed E-state index contributed by atoms with van der Waals surface area (Å²) in [5.74, 6) is 0.794. The highest BCUT2D eigenvalue weighted by Crippen LogP contribution is 2.15. The lowest BCUT2D eigenvalue weighted by Gasteiger charge is -2.40. The second kappa shape index (κ2) is 10.4. The standard InChI is InChI=1S/C17H35N5O2.HI/c1-8-18-14(19-9-10-20-16(2,3)4)21-13-11-22(12-13)15(23)24-17(5,6)7;/h13,20H,8-12H2,1-7H3,(H2,18,19,21);1H. The summed E-state index contributed by atoms with van der Waals surface area (Å²) in [6, 6.07) is 0.214. The van der Waals surface area contributed by atoms with E-state index in [1.54, 1.807) is 4.90 Å². The smallest absolute Gasteiger partial charge is 0.410 e. The lowest BCUT2D eigenvalue weighted by Crippen LogP contribution is -2.63. The van der Waals surface area contributed by atoms with Gasteiger partial charge in [0.1, 0.15) is 5.60 Å². The Morgan fingerprint density at radius 1 is 1.20 bits per heavy atom. The molecule has 0 aromatic rings. The summed E-state index contributed by atoms with van der Waals surface area (Å²) < 4.78 is 5.36. The first-order valence-corrected chi connectivity index (χ1v) is 8.78. The molecule has 0 aromatic carbocycles. The minimum absolute atomic E-state index is 0. The summed E-state index contributed by atoms with van der Waals surface area (Å²) in [5, 5.41) is 10.0. The third-order valence-corrected chi connectivity index (χ3v) is 3.26. The van der Waals surface area contributed by atoms with Gasteiger partial charge >= 0.3 is 6.09 Å². The first kappa shape index (κ1) is 24.2. The fourth-order valence-electron chi connectivity index (χ4n) is 2.16. The normalized spacial score (nSPS) is 16.0. The molecule has 0 atom stereocenters. The Labute approximate surface area is 169 Å². The van der Waals surface area contributed by atoms with E-state index in [4.69, 9.17) is 4.74 Å². The van der Waals surface area contributed by atoms with Gasteiger partial charge in [-0.15, -0.1) is 24.0 Å². The Kier molecular flexibility index (Phi) is 10.1. The van der Waals surface area contributed by atoms with Crippen molar-refractivity contribution in [2.75, 3.05) is 32.7 Å². The topological polar surface area (TPSA) is 78.0 Å². The molecule has 8 heteroatoms. The van der Waals surface area contributed by atoms with Crippen LogP contribution in [0.2, 0.25) is 0 Å². The van der Waals surface area contributed by atoms with Crippen molar-refractivity contribution in [3.05, 3.63) is 0 Å². The van der Waals surface area contributed by atoms with Gasteiger partial charge in [0.25, 0.3) is 0 Å². The molecule has 25 heavy (non-hydrogen) atoms. The molecule has 1 fully saturated rings. The van der Waals surface area contributed by atoms with Crippen LogP contribution in [0.5, 0.6) is 0 Å². The highest BCUT2D eigenvalue weighted by molar-refractivity contribution is 14.0. The number of ether oxygens (including phenoxy) is 1. The van der Waals surface area contributed by atoms with Gasteiger partial charge < -0.3 is 25.6 Å². The molecule has 0 spiro atoms. The van der Waals surface area contributed by atoms with Crippen molar-refractivity contribution in [1.82, 2.24) is 20.9 Å². The number of rotatable bonds is 5. The highest BCUT2D eigenvalue weighted by Gasteiger charge is 2.34. The first-order valence-electron chi connectivity index (χ1n) is 8.78. The first-order chi connectivity index (χ1) is 11.0. The molecule has 1 aliphatic rings. The van der Waals surface area contributed by atoms with Crippen molar-refractivity contribution in [3.8, 4) is 0 Å². The maximum Gasteiger partial charge on any atom is 0.410 e. The fourth-order valence-corrected chi connectivity index (χ4v) is 2.16. The molecule has 1 heterocycles. The second-order valence-electron chi connectivity index (χ2n) is 8.16. The van der Waals surface area contributed by atoms with E-state index in [9.17, 15) is 4.79 Å². The number of carbonyl (C=O) groups is 1. The summed E-state index contributed by atoms with van der Waals surface area (Å²) in [4.78, 5) is 18.2. The summed E-state index contributed by atoms with van der Waals surface area (Å²) >= 11 is 0. The summed E-state index contributed by atoms with van der Waals surface area (Å²) in [6.07, 6.45) is -0.253. The molecule has 1 amide bonds. The quantitative estimate of drug-likeness (QED) is 0.249. The monoisotopic (exact) mass is 469 g/mol. The van der Waals surface area contributed by atoms with Crippen molar-refractivity contribution in [2.45, 2.75) is 65.6 Å². The molecule has 148 valence electrons. The van der Waals surface area contributed by atoms with Gasteiger partial charge in [0.15, 0.2) is 5.96 Å². The van der Waals surface area contributed by atoms with Gasteiger partial charge in [-0.1, -0.05) is 0 Å². The van der Waals surface area contributed by atoms with Crippen LogP contribution in [0.3, 0.4) is 0 Å². The number of likely N-dealkylation sites (tertiary alicyclic amines) is 1. The lowest BCUT2D eigenvalue weighted by atomic mass is 10.1. The molecule has 0 aliphatic carbocycles. The largest absolute Gasteiger partial charge is 0.444 e. The van der Waals surface area contributed by atoms with Crippen LogP contribution in [-0.4, -0.2) is 66.9 Å². The number of nitrogens with zero attached hydrogens (tertiary/aromatic N) is 2. The zero-order valence-electron chi connectivity index (χ0n) is 16.7. The van der Waals surface area contributed by atoms with Crippen molar-refractivity contribution < 1.29 is 9.53 Å². The van der Waals surface area contributed by atoms with Gasteiger partial charge in [-0.05, 0) is 48.5 Å². The maximum atomic E-state index is 11.9. The summed E-state index contributed by atoms with van der Waals surface area (Å²) in [5.41, 5.74) is -0.352. The third kappa shape index (κ3) is 10.7. The molecule has 3 N–H and O–H groups in total. The molecule has 7 nitrogen and oxygen atoms in total. The zero-order chi connectivity index (χ0) is 18.4. The molecule has 0 saturated carbocycles. The Morgan fingerprint density at radius 3 is 2.28 bits per heavy atom. The fraction of sp³-hybridized carbons (Fsp3) is 0.882. The number of aliphatic imine (C=N–C) groups is 1. The van der Waals surface area contributed by atoms with E-state index in [1.165, 1.54) is 0 Å². The number of hydrogen-bond acceptors (Lipinski definition) is 4. The number of amides is 1. The van der Waals surface area contributed by atoms with Crippen LogP contribution < -0.4 is 16.0 Å². The van der Waals surface area contributed by atoms with Crippen molar-refractivity contribution >= 4 is 36.0 Å². The zero-order valence-corrected chi connectivity index (χ0v) is 19.1. The SMILES string of the molecule is CCNC(=NCCNC(C)(C)C)NC1CN(C(=O)OC(C)(C)C)C1.I. The van der Waals surface area contributed by atoms with Crippen LogP contribution in [0.1, 0.15) is 48.5 Å². The Hall–Kier alpha value is -0.770. The number of halogens is 1. The van der Waals surface area contributed by atoms with E-state index in [1.807, 2.05) is 27.7 Å². The van der Waals surface area contributed by atoms with Crippen molar-refractivity contribution in [2.24, 2.45) is 4.99 Å². The number of carbonyl (C=O) groups excluding carboxylic acids is 1. The van der Waals surface area contributed by atoms with E-state index >= 15 is 0 Å². The summed E-state index contributed by atoms with van der Waals surface area (Å²) in [7, 11) is 0. The van der Waals surface area contributed by atoms with Crippen LogP contribution in [-0.2, 0) is 4.74 Å². The maximum absolute atomic E-state index is 11.9. The van der Waals surface area contributed by atoms with Crippen LogP contribution in [0.4, 0.5) is 4.79 Å². The van der Waals surface area contributed by atoms with Gasteiger partial charge in [0.2, 0.25) is 0 Å². The molecule has 1 saturated heterocycles. The highest BCUT2D eigenvalue weighted by atomic mass is 127. The average molecular weight is 469 g/mol. The van der Waals surface area contributed by atoms with Crippen LogP contribution in [0.25, 0.3) is 0 Å².